The number of thiazole rings is 1. The number of aryl methyl sites for hydroxylation is 1. The Bertz CT molecular complexity index is 1370. The molecular formula is C26H20N2O2S. The van der Waals surface area contributed by atoms with Gasteiger partial charge in [0.2, 0.25) is 0 Å². The first-order valence-corrected chi connectivity index (χ1v) is 10.9. The van der Waals surface area contributed by atoms with Crippen LogP contribution in [-0.4, -0.2) is 17.5 Å². The van der Waals surface area contributed by atoms with Gasteiger partial charge < -0.3 is 10.1 Å². The molecule has 0 spiro atoms. The summed E-state index contributed by atoms with van der Waals surface area (Å²) in [6, 6.07) is 28.0. The minimum absolute atomic E-state index is 0.0524. The van der Waals surface area contributed by atoms with Crippen LogP contribution < -0.4 is 10.1 Å². The average molecular weight is 425 g/mol. The van der Waals surface area contributed by atoms with Crippen LogP contribution in [0.2, 0.25) is 0 Å². The first kappa shape index (κ1) is 19.3. The molecule has 1 amide bonds. The third kappa shape index (κ3) is 4.13. The van der Waals surface area contributed by atoms with Crippen molar-refractivity contribution in [3.63, 3.8) is 0 Å². The number of benzene rings is 4. The SMILES string of the molecule is Cc1ccc(-c2nc3ccccc3s2)cc1NC(=O)COc1ccc2ccccc2c1. The highest BCUT2D eigenvalue weighted by Crippen LogP contribution is 2.32. The predicted octanol–water partition coefficient (Wildman–Crippen LogP) is 6.44. The van der Waals surface area contributed by atoms with E-state index in [2.05, 4.69) is 11.4 Å². The van der Waals surface area contributed by atoms with Gasteiger partial charge in [0.15, 0.2) is 6.61 Å². The molecule has 0 bridgehead atoms. The number of hydrogen-bond donors (Lipinski definition) is 1. The molecule has 1 aromatic heterocycles. The fraction of sp³-hybridized carbons (Fsp3) is 0.0769. The van der Waals surface area contributed by atoms with Crippen molar-refractivity contribution in [1.29, 1.82) is 0 Å². The molecule has 4 aromatic carbocycles. The minimum Gasteiger partial charge on any atom is -0.484 e. The maximum Gasteiger partial charge on any atom is 0.262 e. The summed E-state index contributed by atoms with van der Waals surface area (Å²) < 4.78 is 6.87. The number of carbonyl (C=O) groups is 1. The van der Waals surface area contributed by atoms with Crippen LogP contribution in [0.5, 0.6) is 5.75 Å². The first-order valence-electron chi connectivity index (χ1n) is 10.0. The molecule has 0 fully saturated rings. The van der Waals surface area contributed by atoms with E-state index in [1.807, 2.05) is 85.8 Å². The summed E-state index contributed by atoms with van der Waals surface area (Å²) in [4.78, 5) is 17.3. The maximum absolute atomic E-state index is 12.5. The summed E-state index contributed by atoms with van der Waals surface area (Å²) in [5.74, 6) is 0.478. The molecule has 31 heavy (non-hydrogen) atoms. The molecule has 0 unspecified atom stereocenters. The highest BCUT2D eigenvalue weighted by Gasteiger charge is 2.11. The number of hydrogen-bond acceptors (Lipinski definition) is 4. The molecule has 0 aliphatic carbocycles. The molecular weight excluding hydrogens is 404 g/mol. The Hall–Kier alpha value is -3.70. The molecule has 5 aromatic rings. The summed E-state index contributed by atoms with van der Waals surface area (Å²) >= 11 is 1.64. The number of ether oxygens (including phenoxy) is 1. The van der Waals surface area contributed by atoms with Gasteiger partial charge in [0.25, 0.3) is 5.91 Å². The monoisotopic (exact) mass is 424 g/mol. The first-order chi connectivity index (χ1) is 15.2. The standard InChI is InChI=1S/C26H20N2O2S/c1-17-10-11-20(26-28-22-8-4-5-9-24(22)31-26)15-23(17)27-25(29)16-30-21-13-12-18-6-2-3-7-19(18)14-21/h2-15H,16H2,1H3,(H,27,29). The topological polar surface area (TPSA) is 51.2 Å². The number of nitrogens with zero attached hydrogens (tertiary/aromatic N) is 1. The van der Waals surface area contributed by atoms with Crippen LogP contribution >= 0.6 is 11.3 Å². The van der Waals surface area contributed by atoms with Crippen molar-refractivity contribution in [3.8, 4) is 16.3 Å². The van der Waals surface area contributed by atoms with Gasteiger partial charge in [-0.1, -0.05) is 54.6 Å². The molecule has 0 radical (unpaired) electrons. The van der Waals surface area contributed by atoms with E-state index in [0.717, 1.165) is 42.8 Å². The molecule has 1 heterocycles. The molecule has 5 rings (SSSR count). The van der Waals surface area contributed by atoms with Crippen LogP contribution in [-0.2, 0) is 4.79 Å². The zero-order chi connectivity index (χ0) is 21.2. The van der Waals surface area contributed by atoms with E-state index in [-0.39, 0.29) is 12.5 Å². The Labute approximate surface area is 184 Å². The Morgan fingerprint density at radius 1 is 0.935 bits per heavy atom. The van der Waals surface area contributed by atoms with Crippen molar-refractivity contribution in [2.75, 3.05) is 11.9 Å². The number of carbonyl (C=O) groups excluding carboxylic acids is 1. The molecule has 0 saturated carbocycles. The number of fused-ring (bicyclic) bond motifs is 2. The van der Waals surface area contributed by atoms with E-state index in [4.69, 9.17) is 9.72 Å². The molecule has 0 aliphatic rings. The maximum atomic E-state index is 12.5. The normalized spacial score (nSPS) is 11.0. The van der Waals surface area contributed by atoms with E-state index in [1.165, 1.54) is 0 Å². The Morgan fingerprint density at radius 3 is 2.61 bits per heavy atom. The van der Waals surface area contributed by atoms with E-state index < -0.39 is 0 Å². The second-order valence-corrected chi connectivity index (χ2v) is 8.39. The smallest absolute Gasteiger partial charge is 0.262 e. The van der Waals surface area contributed by atoms with Crippen molar-refractivity contribution >= 4 is 43.9 Å². The van der Waals surface area contributed by atoms with Crippen LogP contribution in [0.4, 0.5) is 5.69 Å². The number of amides is 1. The largest absolute Gasteiger partial charge is 0.484 e. The third-order valence-electron chi connectivity index (χ3n) is 5.14. The summed E-state index contributed by atoms with van der Waals surface area (Å²) in [6.07, 6.45) is 0. The van der Waals surface area contributed by atoms with Crippen LogP contribution in [0, 0.1) is 6.92 Å². The summed E-state index contributed by atoms with van der Waals surface area (Å²) in [7, 11) is 0. The Balaban J connectivity index is 1.30. The zero-order valence-corrected chi connectivity index (χ0v) is 17.8. The number of aromatic nitrogens is 1. The van der Waals surface area contributed by atoms with Gasteiger partial charge in [-0.3, -0.25) is 4.79 Å². The van der Waals surface area contributed by atoms with Crippen LogP contribution in [0.1, 0.15) is 5.56 Å². The van der Waals surface area contributed by atoms with E-state index in [9.17, 15) is 4.79 Å². The molecule has 1 N–H and O–H groups in total. The molecule has 0 saturated heterocycles. The summed E-state index contributed by atoms with van der Waals surface area (Å²) in [5, 5.41) is 6.13. The highest BCUT2D eigenvalue weighted by molar-refractivity contribution is 7.21. The van der Waals surface area contributed by atoms with Crippen molar-refractivity contribution < 1.29 is 9.53 Å². The quantitative estimate of drug-likeness (QED) is 0.353. The molecule has 0 aliphatic heterocycles. The van der Waals surface area contributed by atoms with Crippen molar-refractivity contribution in [3.05, 3.63) is 90.5 Å². The van der Waals surface area contributed by atoms with Crippen LogP contribution in [0.3, 0.4) is 0 Å². The number of anilines is 1. The van der Waals surface area contributed by atoms with E-state index >= 15 is 0 Å². The second kappa shape index (κ2) is 8.20. The Morgan fingerprint density at radius 2 is 1.74 bits per heavy atom. The van der Waals surface area contributed by atoms with Gasteiger partial charge in [0.05, 0.1) is 10.2 Å². The van der Waals surface area contributed by atoms with Gasteiger partial charge in [-0.15, -0.1) is 11.3 Å². The third-order valence-corrected chi connectivity index (χ3v) is 6.23. The van der Waals surface area contributed by atoms with Crippen molar-refractivity contribution in [2.45, 2.75) is 6.92 Å². The van der Waals surface area contributed by atoms with Gasteiger partial charge in [0.1, 0.15) is 10.8 Å². The average Bonchev–Trinajstić information content (AvgIpc) is 3.23. The van der Waals surface area contributed by atoms with E-state index in [0.29, 0.717) is 5.75 Å². The van der Waals surface area contributed by atoms with Gasteiger partial charge in [0, 0.05) is 11.3 Å². The zero-order valence-electron chi connectivity index (χ0n) is 17.0. The summed E-state index contributed by atoms with van der Waals surface area (Å²) in [5.41, 5.74) is 3.72. The predicted molar refractivity (Wildman–Crippen MR) is 128 cm³/mol. The van der Waals surface area contributed by atoms with Crippen molar-refractivity contribution in [2.24, 2.45) is 0 Å². The van der Waals surface area contributed by atoms with Gasteiger partial charge in [-0.05, 0) is 53.6 Å². The van der Waals surface area contributed by atoms with Crippen LogP contribution in [0.15, 0.2) is 84.9 Å². The fourth-order valence-electron chi connectivity index (χ4n) is 3.48. The van der Waals surface area contributed by atoms with Crippen molar-refractivity contribution in [1.82, 2.24) is 4.98 Å². The second-order valence-electron chi connectivity index (χ2n) is 7.36. The minimum atomic E-state index is -0.197. The van der Waals surface area contributed by atoms with Gasteiger partial charge >= 0.3 is 0 Å². The van der Waals surface area contributed by atoms with Crippen LogP contribution in [0.25, 0.3) is 31.6 Å². The fourth-order valence-corrected chi connectivity index (χ4v) is 4.44. The lowest BCUT2D eigenvalue weighted by molar-refractivity contribution is -0.118. The van der Waals surface area contributed by atoms with E-state index in [1.54, 1.807) is 11.3 Å². The summed E-state index contributed by atoms with van der Waals surface area (Å²) in [6.45, 7) is 1.92. The Kier molecular flexibility index (Phi) is 5.10. The lowest BCUT2D eigenvalue weighted by atomic mass is 10.1. The number of nitrogens with one attached hydrogen (secondary N) is 1. The lowest BCUT2D eigenvalue weighted by Gasteiger charge is -2.11. The number of para-hydroxylation sites is 1. The molecule has 152 valence electrons. The lowest BCUT2D eigenvalue weighted by Crippen LogP contribution is -2.20. The van der Waals surface area contributed by atoms with Gasteiger partial charge in [-0.2, -0.15) is 0 Å². The van der Waals surface area contributed by atoms with Gasteiger partial charge in [-0.25, -0.2) is 4.98 Å². The molecule has 0 atom stereocenters. The molecule has 5 heteroatoms. The molecule has 4 nitrogen and oxygen atoms in total. The number of rotatable bonds is 5. The highest BCUT2D eigenvalue weighted by atomic mass is 32.1.